The molecule has 1 unspecified atom stereocenters. The predicted molar refractivity (Wildman–Crippen MR) is 85.9 cm³/mol. The van der Waals surface area contributed by atoms with E-state index in [0.717, 1.165) is 25.0 Å². The van der Waals surface area contributed by atoms with E-state index < -0.39 is 0 Å². The van der Waals surface area contributed by atoms with Gasteiger partial charge in [0.2, 0.25) is 0 Å². The van der Waals surface area contributed by atoms with Crippen molar-refractivity contribution in [2.45, 2.75) is 53.0 Å². The quantitative estimate of drug-likeness (QED) is 0.772. The van der Waals surface area contributed by atoms with Gasteiger partial charge in [0.15, 0.2) is 0 Å². The van der Waals surface area contributed by atoms with Gasteiger partial charge in [-0.2, -0.15) is 0 Å². The molecule has 1 N–H and O–H groups in total. The third kappa shape index (κ3) is 3.86. The van der Waals surface area contributed by atoms with Crippen molar-refractivity contribution >= 4 is 11.0 Å². The summed E-state index contributed by atoms with van der Waals surface area (Å²) in [5.74, 6) is 0. The highest BCUT2D eigenvalue weighted by atomic mass is 16.3. The number of rotatable bonds is 6. The zero-order valence-corrected chi connectivity index (χ0v) is 13.2. The number of fused-ring (bicyclic) bond motifs is 1. The first kappa shape index (κ1) is 15.1. The Morgan fingerprint density at radius 2 is 1.95 bits per heavy atom. The Balaban J connectivity index is 2.21. The van der Waals surface area contributed by atoms with E-state index in [-0.39, 0.29) is 0 Å². The number of nitrogens with one attached hydrogen (secondary N) is 1. The molecule has 110 valence electrons. The van der Waals surface area contributed by atoms with Gasteiger partial charge in [-0.3, -0.25) is 0 Å². The minimum absolute atomic E-state index is 0.367. The van der Waals surface area contributed by atoms with Crippen LogP contribution in [0.2, 0.25) is 0 Å². The molecule has 1 atom stereocenters. The van der Waals surface area contributed by atoms with Crippen LogP contribution in [-0.4, -0.2) is 6.54 Å². The molecule has 1 aromatic heterocycles. The summed E-state index contributed by atoms with van der Waals surface area (Å²) in [4.78, 5) is 0. The van der Waals surface area contributed by atoms with Crippen LogP contribution in [0.1, 0.15) is 58.6 Å². The van der Waals surface area contributed by atoms with E-state index in [1.54, 1.807) is 0 Å². The van der Waals surface area contributed by atoms with Gasteiger partial charge < -0.3 is 9.73 Å². The van der Waals surface area contributed by atoms with E-state index in [1.807, 2.05) is 18.4 Å². The Bertz CT molecular complexity index is 536. The molecule has 0 spiro atoms. The van der Waals surface area contributed by atoms with Crippen LogP contribution >= 0.6 is 0 Å². The van der Waals surface area contributed by atoms with Crippen LogP contribution in [0.15, 0.2) is 34.9 Å². The minimum atomic E-state index is 0.367. The molecule has 0 saturated heterocycles. The van der Waals surface area contributed by atoms with Gasteiger partial charge in [0.1, 0.15) is 5.58 Å². The molecule has 0 saturated carbocycles. The molecule has 0 aliphatic heterocycles. The molecule has 0 aliphatic carbocycles. The summed E-state index contributed by atoms with van der Waals surface area (Å²) >= 11 is 0. The summed E-state index contributed by atoms with van der Waals surface area (Å²) < 4.78 is 5.70. The average Bonchev–Trinajstić information content (AvgIpc) is 2.82. The van der Waals surface area contributed by atoms with Crippen LogP contribution < -0.4 is 5.32 Å². The van der Waals surface area contributed by atoms with E-state index in [2.05, 4.69) is 45.1 Å². The van der Waals surface area contributed by atoms with Gasteiger partial charge in [-0.15, -0.1) is 0 Å². The van der Waals surface area contributed by atoms with Crippen molar-refractivity contribution in [2.75, 3.05) is 6.54 Å². The minimum Gasteiger partial charge on any atom is -0.464 e. The lowest BCUT2D eigenvalue weighted by molar-refractivity contribution is 0.332. The first-order valence-electron chi connectivity index (χ1n) is 7.71. The third-order valence-electron chi connectivity index (χ3n) is 3.71. The first-order chi connectivity index (χ1) is 9.51. The topological polar surface area (TPSA) is 25.2 Å². The normalized spacial score (nSPS) is 13.8. The van der Waals surface area contributed by atoms with Gasteiger partial charge in [-0.1, -0.05) is 45.9 Å². The maximum atomic E-state index is 5.70. The molecule has 0 amide bonds. The highest BCUT2D eigenvalue weighted by molar-refractivity contribution is 5.81. The van der Waals surface area contributed by atoms with Crippen molar-refractivity contribution in [2.24, 2.45) is 5.41 Å². The van der Waals surface area contributed by atoms with Crippen LogP contribution in [-0.2, 0) is 0 Å². The summed E-state index contributed by atoms with van der Waals surface area (Å²) in [6.07, 6.45) is 5.43. The van der Waals surface area contributed by atoms with Crippen molar-refractivity contribution in [3.8, 4) is 0 Å². The van der Waals surface area contributed by atoms with Crippen LogP contribution in [0.4, 0.5) is 0 Å². The van der Waals surface area contributed by atoms with Crippen LogP contribution in [0.3, 0.4) is 0 Å². The Kier molecular flexibility index (Phi) is 4.87. The van der Waals surface area contributed by atoms with Crippen LogP contribution in [0.25, 0.3) is 11.0 Å². The second-order valence-electron chi connectivity index (χ2n) is 6.79. The molecule has 2 rings (SSSR count). The van der Waals surface area contributed by atoms with Gasteiger partial charge in [-0.05, 0) is 37.3 Å². The van der Waals surface area contributed by atoms with Crippen LogP contribution in [0.5, 0.6) is 0 Å². The Morgan fingerprint density at radius 3 is 2.65 bits per heavy atom. The van der Waals surface area contributed by atoms with Crippen LogP contribution in [0, 0.1) is 5.41 Å². The largest absolute Gasteiger partial charge is 0.464 e. The fraction of sp³-hybridized carbons (Fsp3) is 0.556. The Hall–Kier alpha value is -1.28. The van der Waals surface area contributed by atoms with E-state index in [1.165, 1.54) is 17.4 Å². The highest BCUT2D eigenvalue weighted by Crippen LogP contribution is 2.32. The lowest BCUT2D eigenvalue weighted by Crippen LogP contribution is -2.23. The summed E-state index contributed by atoms with van der Waals surface area (Å²) in [5, 5.41) is 4.92. The predicted octanol–water partition coefficient (Wildman–Crippen LogP) is 5.30. The fourth-order valence-corrected chi connectivity index (χ4v) is 2.53. The van der Waals surface area contributed by atoms with E-state index in [9.17, 15) is 0 Å². The molecule has 0 bridgehead atoms. The van der Waals surface area contributed by atoms with E-state index in [4.69, 9.17) is 4.42 Å². The smallest absolute Gasteiger partial charge is 0.134 e. The van der Waals surface area contributed by atoms with Crippen molar-refractivity contribution in [3.63, 3.8) is 0 Å². The summed E-state index contributed by atoms with van der Waals surface area (Å²) in [5.41, 5.74) is 2.66. The zero-order chi connectivity index (χ0) is 14.6. The zero-order valence-electron chi connectivity index (χ0n) is 13.2. The van der Waals surface area contributed by atoms with E-state index in [0.29, 0.717) is 11.5 Å². The molecule has 0 radical (unpaired) electrons. The Labute approximate surface area is 122 Å². The van der Waals surface area contributed by atoms with Gasteiger partial charge in [0.05, 0.1) is 6.26 Å². The van der Waals surface area contributed by atoms with Crippen molar-refractivity contribution in [1.82, 2.24) is 5.32 Å². The standard InChI is InChI=1S/C18H27NO/c1-5-12-19-16(10-11-18(2,3)4)15-13-20-17-9-7-6-8-14(15)17/h6-9,13,16,19H,5,10-12H2,1-4H3. The summed E-state index contributed by atoms with van der Waals surface area (Å²) in [6.45, 7) is 10.2. The lowest BCUT2D eigenvalue weighted by Gasteiger charge is -2.23. The molecular formula is C18H27NO. The monoisotopic (exact) mass is 273 g/mol. The molecule has 1 heterocycles. The maximum Gasteiger partial charge on any atom is 0.134 e. The fourth-order valence-electron chi connectivity index (χ4n) is 2.53. The van der Waals surface area contributed by atoms with Gasteiger partial charge in [0.25, 0.3) is 0 Å². The highest BCUT2D eigenvalue weighted by Gasteiger charge is 2.19. The van der Waals surface area contributed by atoms with Gasteiger partial charge >= 0.3 is 0 Å². The van der Waals surface area contributed by atoms with Crippen molar-refractivity contribution in [3.05, 3.63) is 36.1 Å². The molecule has 1 aromatic carbocycles. The lowest BCUT2D eigenvalue weighted by atomic mass is 9.87. The molecule has 20 heavy (non-hydrogen) atoms. The van der Waals surface area contributed by atoms with E-state index >= 15 is 0 Å². The van der Waals surface area contributed by atoms with Crippen molar-refractivity contribution in [1.29, 1.82) is 0 Å². The number of furan rings is 1. The second-order valence-corrected chi connectivity index (χ2v) is 6.79. The maximum absolute atomic E-state index is 5.70. The summed E-state index contributed by atoms with van der Waals surface area (Å²) in [7, 11) is 0. The summed E-state index contributed by atoms with van der Waals surface area (Å²) in [6, 6.07) is 8.70. The van der Waals surface area contributed by atoms with Gasteiger partial charge in [-0.25, -0.2) is 0 Å². The molecule has 2 nitrogen and oxygen atoms in total. The number of benzene rings is 1. The molecular weight excluding hydrogens is 246 g/mol. The average molecular weight is 273 g/mol. The number of hydrogen-bond donors (Lipinski definition) is 1. The Morgan fingerprint density at radius 1 is 1.20 bits per heavy atom. The molecule has 2 aromatic rings. The molecule has 0 aliphatic rings. The van der Waals surface area contributed by atoms with Gasteiger partial charge in [0, 0.05) is 17.0 Å². The number of hydrogen-bond acceptors (Lipinski definition) is 2. The van der Waals surface area contributed by atoms with Crippen molar-refractivity contribution < 1.29 is 4.42 Å². The number of para-hydroxylation sites is 1. The third-order valence-corrected chi connectivity index (χ3v) is 3.71. The molecule has 2 heteroatoms. The second kappa shape index (κ2) is 6.45. The SMILES string of the molecule is CCCNC(CCC(C)(C)C)c1coc2ccccc12. The first-order valence-corrected chi connectivity index (χ1v) is 7.71. The molecule has 0 fully saturated rings.